The third-order valence-electron chi connectivity index (χ3n) is 4.06. The predicted molar refractivity (Wildman–Crippen MR) is 108 cm³/mol. The van der Waals surface area contributed by atoms with Crippen molar-refractivity contribution < 1.29 is 14.3 Å². The number of methoxy groups -OCH3 is 1. The minimum atomic E-state index is -0.256. The van der Waals surface area contributed by atoms with Gasteiger partial charge in [0.15, 0.2) is 0 Å². The lowest BCUT2D eigenvalue weighted by Gasteiger charge is -2.15. The molecule has 0 saturated carbocycles. The normalized spacial score (nSPS) is 12.2. The number of anilines is 2. The van der Waals surface area contributed by atoms with E-state index in [4.69, 9.17) is 15.7 Å². The van der Waals surface area contributed by atoms with Crippen molar-refractivity contribution in [2.75, 3.05) is 31.2 Å². The van der Waals surface area contributed by atoms with E-state index in [1.807, 2.05) is 11.0 Å². The molecule has 0 unspecified atom stereocenters. The number of rotatable bonds is 4. The number of nitrogens with two attached hydrogens (primary N) is 1. The molecule has 1 aliphatic heterocycles. The third kappa shape index (κ3) is 6.04. The number of ether oxygens (including phenoxy) is 1. The molecule has 0 atom stereocenters. The van der Waals surface area contributed by atoms with Crippen molar-refractivity contribution >= 4 is 23.5 Å². The van der Waals surface area contributed by atoms with Gasteiger partial charge in [-0.15, -0.1) is 0 Å². The van der Waals surface area contributed by atoms with Gasteiger partial charge in [0.25, 0.3) is 5.91 Å². The van der Waals surface area contributed by atoms with Gasteiger partial charge in [0.1, 0.15) is 11.6 Å². The summed E-state index contributed by atoms with van der Waals surface area (Å²) in [6, 6.07) is 8.79. The summed E-state index contributed by atoms with van der Waals surface area (Å²) in [4.78, 5) is 32.3. The average molecular weight is 394 g/mol. The fraction of sp³-hybridized carbons (Fsp3) is 0.250. The van der Waals surface area contributed by atoms with Crippen LogP contribution in [0.3, 0.4) is 0 Å². The highest BCUT2D eigenvalue weighted by Gasteiger charge is 2.19. The van der Waals surface area contributed by atoms with Gasteiger partial charge >= 0.3 is 0 Å². The number of benzene rings is 1. The van der Waals surface area contributed by atoms with Crippen LogP contribution in [0.2, 0.25) is 0 Å². The van der Waals surface area contributed by atoms with Crippen LogP contribution in [0.15, 0.2) is 43.1 Å². The van der Waals surface area contributed by atoms with Gasteiger partial charge in [-0.3, -0.25) is 9.59 Å². The van der Waals surface area contributed by atoms with Crippen molar-refractivity contribution in [2.45, 2.75) is 12.8 Å². The molecule has 0 aliphatic carbocycles. The van der Waals surface area contributed by atoms with E-state index in [9.17, 15) is 9.59 Å². The van der Waals surface area contributed by atoms with E-state index in [0.29, 0.717) is 11.3 Å². The van der Waals surface area contributed by atoms with Crippen molar-refractivity contribution in [3.8, 4) is 11.9 Å². The second-order valence-corrected chi connectivity index (χ2v) is 6.03. The molecule has 2 aromatic rings. The van der Waals surface area contributed by atoms with Crippen LogP contribution in [0.25, 0.3) is 0 Å². The molecule has 0 radical (unpaired) electrons. The molecular weight excluding hydrogens is 372 g/mol. The zero-order chi connectivity index (χ0) is 21.2. The van der Waals surface area contributed by atoms with Crippen LogP contribution in [0.1, 0.15) is 28.8 Å². The Bertz CT molecular complexity index is 915. The zero-order valence-electron chi connectivity index (χ0n) is 16.1. The van der Waals surface area contributed by atoms with Gasteiger partial charge in [0.05, 0.1) is 13.3 Å². The molecule has 9 heteroatoms. The topological polar surface area (TPSA) is 134 Å². The average Bonchev–Trinajstić information content (AvgIpc) is 3.29. The molecule has 1 aromatic carbocycles. The number of nitrogens with zero attached hydrogens (tertiary/aromatic N) is 4. The summed E-state index contributed by atoms with van der Waals surface area (Å²) < 4.78 is 4.76. The van der Waals surface area contributed by atoms with Crippen LogP contribution >= 0.6 is 0 Å². The number of carbonyl (C=O) groups is 2. The Kier molecular flexibility index (Phi) is 7.68. The minimum absolute atomic E-state index is 0.0640. The maximum Gasteiger partial charge on any atom is 0.253 e. The van der Waals surface area contributed by atoms with Crippen LogP contribution in [-0.2, 0) is 4.79 Å². The first-order valence-electron chi connectivity index (χ1n) is 8.87. The van der Waals surface area contributed by atoms with E-state index in [2.05, 4.69) is 21.9 Å². The molecular formula is C20H22N6O3. The Hall–Kier alpha value is -3.93. The van der Waals surface area contributed by atoms with Crippen LogP contribution in [0.4, 0.5) is 11.6 Å². The van der Waals surface area contributed by atoms with E-state index in [1.165, 1.54) is 19.4 Å². The molecule has 9 nitrogen and oxygen atoms in total. The summed E-state index contributed by atoms with van der Waals surface area (Å²) in [6.45, 7) is 5.06. The van der Waals surface area contributed by atoms with E-state index in [1.54, 1.807) is 24.3 Å². The minimum Gasteiger partial charge on any atom is -0.480 e. The van der Waals surface area contributed by atoms with Crippen LogP contribution in [0.5, 0.6) is 5.88 Å². The van der Waals surface area contributed by atoms with Crippen LogP contribution < -0.4 is 15.8 Å². The Balaban J connectivity index is 0.000000234. The van der Waals surface area contributed by atoms with Gasteiger partial charge in [-0.2, -0.15) is 10.2 Å². The molecule has 2 amide bonds. The lowest BCUT2D eigenvalue weighted by Crippen LogP contribution is -2.27. The fourth-order valence-electron chi connectivity index (χ4n) is 2.60. The first-order chi connectivity index (χ1) is 14.0. The smallest absolute Gasteiger partial charge is 0.253 e. The van der Waals surface area contributed by atoms with Gasteiger partial charge < -0.3 is 20.7 Å². The maximum absolute atomic E-state index is 12.1. The number of hydrogen-bond acceptors (Lipinski definition) is 7. The molecule has 2 heterocycles. The van der Waals surface area contributed by atoms with E-state index in [0.717, 1.165) is 25.9 Å². The SMILES string of the molecule is C=CC(=O)Nc1ccc(C(=O)N2CCCC2)cc1.COc1nc(N)ncc1C#N. The molecule has 1 aromatic heterocycles. The molecule has 1 fully saturated rings. The molecule has 3 N–H and O–H groups in total. The highest BCUT2D eigenvalue weighted by molar-refractivity contribution is 5.99. The number of carbonyl (C=O) groups excluding carboxylic acids is 2. The fourth-order valence-corrected chi connectivity index (χ4v) is 2.60. The number of nitrogen functional groups attached to an aromatic ring is 1. The second kappa shape index (κ2) is 10.4. The summed E-state index contributed by atoms with van der Waals surface area (Å²) in [5.41, 5.74) is 6.85. The van der Waals surface area contributed by atoms with Crippen molar-refractivity contribution in [3.63, 3.8) is 0 Å². The Morgan fingerprint density at radius 3 is 2.52 bits per heavy atom. The Morgan fingerprint density at radius 1 is 1.31 bits per heavy atom. The molecule has 29 heavy (non-hydrogen) atoms. The summed E-state index contributed by atoms with van der Waals surface area (Å²) in [7, 11) is 1.42. The Labute approximate surface area is 168 Å². The zero-order valence-corrected chi connectivity index (χ0v) is 16.1. The number of likely N-dealkylation sites (tertiary alicyclic amines) is 1. The molecule has 3 rings (SSSR count). The number of nitrogens with one attached hydrogen (secondary N) is 1. The monoisotopic (exact) mass is 394 g/mol. The van der Waals surface area contributed by atoms with Gasteiger partial charge in [0, 0.05) is 24.3 Å². The first-order valence-corrected chi connectivity index (χ1v) is 8.87. The molecule has 1 aliphatic rings. The van der Waals surface area contributed by atoms with Gasteiger partial charge in [0.2, 0.25) is 17.7 Å². The summed E-state index contributed by atoms with van der Waals surface area (Å²) in [6.07, 6.45) is 4.70. The molecule has 0 bridgehead atoms. The van der Waals surface area contributed by atoms with Crippen molar-refractivity contribution in [1.29, 1.82) is 5.26 Å². The number of amides is 2. The van der Waals surface area contributed by atoms with Crippen molar-refractivity contribution in [3.05, 3.63) is 54.2 Å². The Morgan fingerprint density at radius 2 is 1.97 bits per heavy atom. The lowest BCUT2D eigenvalue weighted by atomic mass is 10.2. The molecule has 150 valence electrons. The summed E-state index contributed by atoms with van der Waals surface area (Å²) in [5, 5.41) is 11.1. The third-order valence-corrected chi connectivity index (χ3v) is 4.06. The number of aromatic nitrogens is 2. The molecule has 1 saturated heterocycles. The van der Waals surface area contributed by atoms with Crippen LogP contribution in [-0.4, -0.2) is 46.9 Å². The number of hydrogen-bond donors (Lipinski definition) is 2. The van der Waals surface area contributed by atoms with Gasteiger partial charge in [-0.1, -0.05) is 6.58 Å². The van der Waals surface area contributed by atoms with E-state index >= 15 is 0 Å². The standard InChI is InChI=1S/C14H16N2O2.C6H6N4O/c1-2-13(17)15-12-7-5-11(6-8-12)14(18)16-9-3-4-10-16;1-11-5-4(2-7)3-9-6(8)10-5/h2,5-8H,1,3-4,9-10H2,(H,15,17);3H,1H3,(H2,8,9,10). The van der Waals surface area contributed by atoms with Crippen LogP contribution in [0, 0.1) is 11.3 Å². The predicted octanol–water partition coefficient (Wildman–Crippen LogP) is 1.99. The first kappa shape index (κ1) is 21.4. The van der Waals surface area contributed by atoms with Crippen molar-refractivity contribution in [1.82, 2.24) is 14.9 Å². The summed E-state index contributed by atoms with van der Waals surface area (Å²) in [5.74, 6) is 0.114. The van der Waals surface area contributed by atoms with Gasteiger partial charge in [-0.25, -0.2) is 4.98 Å². The van der Waals surface area contributed by atoms with E-state index < -0.39 is 0 Å². The second-order valence-electron chi connectivity index (χ2n) is 6.03. The molecule has 0 spiro atoms. The summed E-state index contributed by atoms with van der Waals surface area (Å²) >= 11 is 0. The van der Waals surface area contributed by atoms with E-state index in [-0.39, 0.29) is 29.2 Å². The quantitative estimate of drug-likeness (QED) is 0.757. The lowest BCUT2D eigenvalue weighted by molar-refractivity contribution is -0.111. The van der Waals surface area contributed by atoms with Crippen molar-refractivity contribution in [2.24, 2.45) is 0 Å². The highest BCUT2D eigenvalue weighted by Crippen LogP contribution is 2.15. The van der Waals surface area contributed by atoms with Gasteiger partial charge in [-0.05, 0) is 43.2 Å². The highest BCUT2D eigenvalue weighted by atomic mass is 16.5. The maximum atomic E-state index is 12.1. The number of nitriles is 1. The largest absolute Gasteiger partial charge is 0.480 e.